The maximum absolute atomic E-state index is 12.3. The van der Waals surface area contributed by atoms with Crippen molar-refractivity contribution in [3.8, 4) is 0 Å². The monoisotopic (exact) mass is 258 g/mol. The highest BCUT2D eigenvalue weighted by Gasteiger charge is 2.09. The zero-order valence-corrected chi connectivity index (χ0v) is 11.9. The van der Waals surface area contributed by atoms with Crippen LogP contribution in [0.25, 0.3) is 0 Å². The molecule has 0 N–H and O–H groups in total. The summed E-state index contributed by atoms with van der Waals surface area (Å²) in [6.07, 6.45) is 0. The first-order valence-electron chi connectivity index (χ1n) is 6.08. The Labute approximate surface area is 111 Å². The average molecular weight is 258 g/mol. The molecule has 0 saturated carbocycles. The van der Waals surface area contributed by atoms with Crippen molar-refractivity contribution < 1.29 is 4.21 Å². The van der Waals surface area contributed by atoms with Crippen molar-refractivity contribution in [2.45, 2.75) is 31.4 Å². The summed E-state index contributed by atoms with van der Waals surface area (Å²) in [7, 11) is -0.962. The Morgan fingerprint density at radius 3 is 2.06 bits per heavy atom. The molecule has 1 nitrogen and oxygen atoms in total. The highest BCUT2D eigenvalue weighted by atomic mass is 32.2. The molecular formula is C16H18OS. The van der Waals surface area contributed by atoms with Gasteiger partial charge in [-0.05, 0) is 49.6 Å². The molecule has 0 aliphatic heterocycles. The molecule has 1 atom stereocenters. The van der Waals surface area contributed by atoms with E-state index in [1.54, 1.807) is 0 Å². The van der Waals surface area contributed by atoms with Crippen LogP contribution in [0.3, 0.4) is 0 Å². The molecule has 0 spiro atoms. The third-order valence-corrected chi connectivity index (χ3v) is 4.47. The molecule has 94 valence electrons. The highest BCUT2D eigenvalue weighted by Crippen LogP contribution is 2.20. The van der Waals surface area contributed by atoms with E-state index in [9.17, 15) is 4.21 Å². The topological polar surface area (TPSA) is 17.1 Å². The van der Waals surface area contributed by atoms with Crippen molar-refractivity contribution in [3.05, 3.63) is 64.7 Å². The second-order valence-corrected chi connectivity index (χ2v) is 6.13. The summed E-state index contributed by atoms with van der Waals surface area (Å²) in [5.41, 5.74) is 4.94. The van der Waals surface area contributed by atoms with Gasteiger partial charge in [-0.15, -0.1) is 0 Å². The molecule has 0 saturated heterocycles. The Morgan fingerprint density at radius 2 is 1.50 bits per heavy atom. The minimum atomic E-state index is -0.962. The molecule has 0 heterocycles. The van der Waals surface area contributed by atoms with Gasteiger partial charge in [0.2, 0.25) is 0 Å². The summed E-state index contributed by atoms with van der Waals surface area (Å²) in [6, 6.07) is 14.0. The van der Waals surface area contributed by atoms with Crippen molar-refractivity contribution in [2.75, 3.05) is 0 Å². The van der Waals surface area contributed by atoms with E-state index in [2.05, 4.69) is 32.9 Å². The van der Waals surface area contributed by atoms with Crippen molar-refractivity contribution in [1.29, 1.82) is 0 Å². The number of benzene rings is 2. The molecule has 0 aromatic heterocycles. The van der Waals surface area contributed by atoms with Gasteiger partial charge in [0.25, 0.3) is 0 Å². The lowest BCUT2D eigenvalue weighted by atomic mass is 10.0. The molecule has 2 heteroatoms. The van der Waals surface area contributed by atoms with Gasteiger partial charge in [0.15, 0.2) is 0 Å². The van der Waals surface area contributed by atoms with Crippen LogP contribution >= 0.6 is 0 Å². The predicted octanol–water partition coefficient (Wildman–Crippen LogP) is 3.92. The SMILES string of the molecule is Cc1cc(C)c(C[S@@](=O)c2ccccc2)c(C)c1. The summed E-state index contributed by atoms with van der Waals surface area (Å²) in [6.45, 7) is 6.28. The van der Waals surface area contributed by atoms with Gasteiger partial charge >= 0.3 is 0 Å². The fourth-order valence-electron chi connectivity index (χ4n) is 2.22. The van der Waals surface area contributed by atoms with E-state index >= 15 is 0 Å². The Hall–Kier alpha value is -1.41. The first kappa shape index (κ1) is 13.0. The van der Waals surface area contributed by atoms with E-state index in [-0.39, 0.29) is 0 Å². The fourth-order valence-corrected chi connectivity index (χ4v) is 3.57. The summed E-state index contributed by atoms with van der Waals surface area (Å²) in [5, 5.41) is 0. The Balaban J connectivity index is 2.28. The van der Waals surface area contributed by atoms with E-state index in [1.807, 2.05) is 30.3 Å². The first-order chi connectivity index (χ1) is 8.58. The first-order valence-corrected chi connectivity index (χ1v) is 7.40. The lowest BCUT2D eigenvalue weighted by molar-refractivity contribution is 0.682. The van der Waals surface area contributed by atoms with Crippen molar-refractivity contribution in [1.82, 2.24) is 0 Å². The van der Waals surface area contributed by atoms with Crippen LogP contribution in [0.4, 0.5) is 0 Å². The van der Waals surface area contributed by atoms with E-state index in [0.29, 0.717) is 5.75 Å². The number of hydrogen-bond acceptors (Lipinski definition) is 1. The summed E-state index contributed by atoms with van der Waals surface area (Å²) < 4.78 is 12.3. The van der Waals surface area contributed by atoms with Crippen molar-refractivity contribution in [3.63, 3.8) is 0 Å². The fraction of sp³-hybridized carbons (Fsp3) is 0.250. The van der Waals surface area contributed by atoms with Crippen LogP contribution in [0, 0.1) is 20.8 Å². The van der Waals surface area contributed by atoms with Gasteiger partial charge in [0.05, 0.1) is 16.6 Å². The van der Waals surface area contributed by atoms with Gasteiger partial charge in [-0.3, -0.25) is 4.21 Å². The van der Waals surface area contributed by atoms with Crippen LogP contribution in [0.2, 0.25) is 0 Å². The normalized spacial score (nSPS) is 12.4. The quantitative estimate of drug-likeness (QED) is 0.815. The van der Waals surface area contributed by atoms with E-state index in [0.717, 1.165) is 4.90 Å². The van der Waals surface area contributed by atoms with Gasteiger partial charge in [-0.2, -0.15) is 0 Å². The molecule has 0 aliphatic rings. The van der Waals surface area contributed by atoms with Gasteiger partial charge in [0, 0.05) is 4.90 Å². The Bertz CT molecular complexity index is 550. The minimum absolute atomic E-state index is 0.599. The number of rotatable bonds is 3. The van der Waals surface area contributed by atoms with Gasteiger partial charge in [-0.1, -0.05) is 35.9 Å². The predicted molar refractivity (Wildman–Crippen MR) is 77.2 cm³/mol. The minimum Gasteiger partial charge on any atom is -0.254 e. The second-order valence-electron chi connectivity index (χ2n) is 4.68. The molecule has 0 bridgehead atoms. The molecule has 0 aliphatic carbocycles. The Morgan fingerprint density at radius 1 is 0.944 bits per heavy atom. The van der Waals surface area contributed by atoms with E-state index in [1.165, 1.54) is 22.3 Å². The molecule has 2 aromatic carbocycles. The van der Waals surface area contributed by atoms with Crippen molar-refractivity contribution in [2.24, 2.45) is 0 Å². The average Bonchev–Trinajstić information content (AvgIpc) is 2.34. The van der Waals surface area contributed by atoms with Crippen LogP contribution in [0.5, 0.6) is 0 Å². The van der Waals surface area contributed by atoms with Crippen LogP contribution < -0.4 is 0 Å². The van der Waals surface area contributed by atoms with Crippen molar-refractivity contribution >= 4 is 10.8 Å². The molecule has 2 rings (SSSR count). The molecule has 18 heavy (non-hydrogen) atoms. The van der Waals surface area contributed by atoms with Crippen LogP contribution in [0.15, 0.2) is 47.4 Å². The zero-order chi connectivity index (χ0) is 13.1. The largest absolute Gasteiger partial charge is 0.254 e. The summed E-state index contributed by atoms with van der Waals surface area (Å²) in [5.74, 6) is 0.599. The van der Waals surface area contributed by atoms with E-state index in [4.69, 9.17) is 0 Å². The van der Waals surface area contributed by atoms with Gasteiger partial charge in [0.1, 0.15) is 0 Å². The summed E-state index contributed by atoms with van der Waals surface area (Å²) >= 11 is 0. The second kappa shape index (κ2) is 5.49. The third-order valence-electron chi connectivity index (χ3n) is 3.12. The van der Waals surface area contributed by atoms with Gasteiger partial charge < -0.3 is 0 Å². The smallest absolute Gasteiger partial charge is 0.0574 e. The molecule has 0 radical (unpaired) electrons. The zero-order valence-electron chi connectivity index (χ0n) is 11.1. The maximum Gasteiger partial charge on any atom is 0.0574 e. The van der Waals surface area contributed by atoms with Crippen LogP contribution in [-0.2, 0) is 16.6 Å². The van der Waals surface area contributed by atoms with Crippen LogP contribution in [-0.4, -0.2) is 4.21 Å². The van der Waals surface area contributed by atoms with Crippen LogP contribution in [0.1, 0.15) is 22.3 Å². The lowest BCUT2D eigenvalue weighted by Crippen LogP contribution is -2.01. The van der Waals surface area contributed by atoms with Gasteiger partial charge in [-0.25, -0.2) is 0 Å². The number of hydrogen-bond donors (Lipinski definition) is 0. The highest BCUT2D eigenvalue weighted by molar-refractivity contribution is 7.84. The lowest BCUT2D eigenvalue weighted by Gasteiger charge is -2.11. The molecule has 0 amide bonds. The summed E-state index contributed by atoms with van der Waals surface area (Å²) in [4.78, 5) is 0.900. The standard InChI is InChI=1S/C16H18OS/c1-12-9-13(2)16(14(3)10-12)11-18(17)15-7-5-4-6-8-15/h4-10H,11H2,1-3H3/t18-/m1/s1. The molecule has 2 aromatic rings. The number of aryl methyl sites for hydroxylation is 3. The molecule has 0 unspecified atom stereocenters. The molecule has 0 fully saturated rings. The maximum atomic E-state index is 12.3. The van der Waals surface area contributed by atoms with E-state index < -0.39 is 10.8 Å². The Kier molecular flexibility index (Phi) is 3.97. The molecular weight excluding hydrogens is 240 g/mol. The third kappa shape index (κ3) is 2.88.